The molecule has 3 unspecified atom stereocenters. The molecule has 1 saturated heterocycles. The fourth-order valence-corrected chi connectivity index (χ4v) is 9.55. The lowest BCUT2D eigenvalue weighted by molar-refractivity contribution is -0.270. The summed E-state index contributed by atoms with van der Waals surface area (Å²) >= 11 is 0. The summed E-state index contributed by atoms with van der Waals surface area (Å²) in [6, 6.07) is -2.34. The van der Waals surface area contributed by atoms with Gasteiger partial charge in [0.2, 0.25) is 5.91 Å². The van der Waals surface area contributed by atoms with E-state index < -0.39 is 79.8 Å². The molecular weight excluding hydrogens is 933 g/mol. The van der Waals surface area contributed by atoms with Gasteiger partial charge in [0, 0.05) is 12.8 Å². The van der Waals surface area contributed by atoms with Crippen LogP contribution in [0.25, 0.3) is 0 Å². The van der Waals surface area contributed by atoms with Crippen molar-refractivity contribution in [2.75, 3.05) is 13.2 Å². The second-order valence-corrected chi connectivity index (χ2v) is 21.1. The molecule has 15 nitrogen and oxygen atoms in total. The smallest absolute Gasteiger partial charge is 0.309 e. The summed E-state index contributed by atoms with van der Waals surface area (Å²) in [5.41, 5.74) is 6.53. The topological polar surface area (TPSA) is 230 Å². The number of nitrogens with one attached hydrogen (secondary N) is 1. The molecule has 0 aromatic rings. The predicted octanol–water partition coefficient (Wildman–Crippen LogP) is 12.0. The Morgan fingerprint density at radius 3 is 1.32 bits per heavy atom. The molecule has 1 fully saturated rings. The summed E-state index contributed by atoms with van der Waals surface area (Å²) in [5.74, 6) is -3.18. The van der Waals surface area contributed by atoms with Crippen molar-refractivity contribution < 1.29 is 63.0 Å². The first-order valence-corrected chi connectivity index (χ1v) is 29.8. The maximum atomic E-state index is 13.6. The number of carbonyl (C=O) groups excluding carboxylic acids is 4. The number of nitrogens with two attached hydrogens (primary N) is 1. The van der Waals surface area contributed by atoms with Crippen LogP contribution in [0.1, 0.15) is 278 Å². The summed E-state index contributed by atoms with van der Waals surface area (Å²) < 4.78 is 29.3. The predicted molar refractivity (Wildman–Crippen MR) is 288 cm³/mol. The van der Waals surface area contributed by atoms with Crippen LogP contribution in [0, 0.1) is 0 Å². The van der Waals surface area contributed by atoms with Crippen LogP contribution in [0.5, 0.6) is 0 Å². The lowest BCUT2D eigenvalue weighted by Gasteiger charge is -2.42. The monoisotopic (exact) mass is 1040 g/mol. The molecule has 0 bridgehead atoms. The van der Waals surface area contributed by atoms with E-state index in [4.69, 9.17) is 29.4 Å². The zero-order valence-electron chi connectivity index (χ0n) is 46.6. The molecule has 15 heteroatoms. The Labute approximate surface area is 442 Å². The van der Waals surface area contributed by atoms with E-state index in [0.29, 0.717) is 25.7 Å². The van der Waals surface area contributed by atoms with Gasteiger partial charge in [-0.05, 0) is 38.5 Å². The van der Waals surface area contributed by atoms with Crippen molar-refractivity contribution in [2.45, 2.75) is 327 Å². The van der Waals surface area contributed by atoms with Crippen LogP contribution >= 0.6 is 0 Å². The van der Waals surface area contributed by atoms with Crippen molar-refractivity contribution in [2.24, 2.45) is 5.73 Å². The average molecular weight is 1040 g/mol. The Bertz CT molecular complexity index is 1390. The molecule has 428 valence electrons. The molecule has 0 aromatic carbocycles. The number of aliphatic carboxylic acids is 1. The van der Waals surface area contributed by atoms with Crippen molar-refractivity contribution in [3.8, 4) is 0 Å². The number of unbranched alkanes of at least 4 members (excludes halogenated alkanes) is 28. The van der Waals surface area contributed by atoms with Gasteiger partial charge in [0.25, 0.3) is 0 Å². The Hall–Kier alpha value is -2.85. The Morgan fingerprint density at radius 2 is 0.918 bits per heavy atom. The van der Waals surface area contributed by atoms with Gasteiger partial charge in [0.1, 0.15) is 24.4 Å². The molecule has 0 radical (unpaired) electrons. The average Bonchev–Trinajstić information content (AvgIpc) is 3.35. The van der Waals surface area contributed by atoms with E-state index in [1.807, 2.05) is 0 Å². The van der Waals surface area contributed by atoms with E-state index in [1.165, 1.54) is 103 Å². The summed E-state index contributed by atoms with van der Waals surface area (Å²) in [6.07, 6.45) is 28.4. The summed E-state index contributed by atoms with van der Waals surface area (Å²) in [5, 5.41) is 33.9. The molecule has 1 aliphatic heterocycles. The number of rotatable bonds is 50. The zero-order valence-corrected chi connectivity index (χ0v) is 46.6. The van der Waals surface area contributed by atoms with E-state index >= 15 is 0 Å². The minimum Gasteiger partial charge on any atom is -0.481 e. The van der Waals surface area contributed by atoms with E-state index in [9.17, 15) is 39.3 Å². The third-order valence-corrected chi connectivity index (χ3v) is 14.0. The molecule has 8 atom stereocenters. The maximum absolute atomic E-state index is 13.6. The molecule has 1 heterocycles. The number of aliphatic hydroxyl groups is 2. The van der Waals surface area contributed by atoms with Crippen molar-refractivity contribution in [3.63, 3.8) is 0 Å². The van der Waals surface area contributed by atoms with Crippen LogP contribution in [0.4, 0.5) is 0 Å². The molecule has 0 spiro atoms. The number of hydrogen-bond donors (Lipinski definition) is 5. The first-order valence-electron chi connectivity index (χ1n) is 29.8. The molecule has 73 heavy (non-hydrogen) atoms. The second kappa shape index (κ2) is 46.5. The number of amides is 1. The van der Waals surface area contributed by atoms with Gasteiger partial charge in [-0.1, -0.05) is 207 Å². The van der Waals surface area contributed by atoms with E-state index in [1.54, 1.807) is 0 Å². The number of esters is 3. The number of ether oxygens (including phenoxy) is 5. The highest BCUT2D eigenvalue weighted by molar-refractivity contribution is 5.78. The maximum Gasteiger partial charge on any atom is 0.309 e. The standard InChI is InChI=1S/C58H108N2O13/c1-5-9-13-17-21-23-27-29-33-37-47(70-52(65)39-35-31-25-19-15-11-7-3)42-50(62)60-46(41-51(63)64)45-69-58-55(59)57(56(68)49(44-61)72-58)73-54(67)43-48(38-34-30-28-24-22-18-14-10-6-2)71-53(66)40-36-32-26-20-16-12-8-4/h46-49,55-58,61,68H,5-45,59H2,1-4H3,(H,60,62)(H,63,64)/t46?,47?,48?,49-,55-,56-,57-,58-/m1/s1. The normalized spacial score (nSPS) is 19.0. The minimum atomic E-state index is -1.54. The molecule has 1 amide bonds. The van der Waals surface area contributed by atoms with Gasteiger partial charge < -0.3 is 50.1 Å². The van der Waals surface area contributed by atoms with E-state index in [2.05, 4.69) is 33.0 Å². The largest absolute Gasteiger partial charge is 0.481 e. The van der Waals surface area contributed by atoms with Gasteiger partial charge in [-0.3, -0.25) is 24.0 Å². The zero-order chi connectivity index (χ0) is 53.7. The summed E-state index contributed by atoms with van der Waals surface area (Å²) in [6.45, 7) is 7.70. The molecule has 0 aromatic heterocycles. The third-order valence-electron chi connectivity index (χ3n) is 14.0. The fourth-order valence-electron chi connectivity index (χ4n) is 9.55. The number of hydrogen-bond acceptors (Lipinski definition) is 13. The molecular formula is C58H108N2O13. The second-order valence-electron chi connectivity index (χ2n) is 21.1. The highest BCUT2D eigenvalue weighted by Crippen LogP contribution is 2.26. The quantitative estimate of drug-likeness (QED) is 0.0217. The van der Waals surface area contributed by atoms with Gasteiger partial charge >= 0.3 is 23.9 Å². The third kappa shape index (κ3) is 36.7. The number of carboxylic acids is 1. The molecule has 1 rings (SSSR count). The van der Waals surface area contributed by atoms with Crippen LogP contribution < -0.4 is 11.1 Å². The van der Waals surface area contributed by atoms with Crippen molar-refractivity contribution in [3.05, 3.63) is 0 Å². The SMILES string of the molecule is CCCCCCCCCCCC(CC(=O)NC(CO[C@@H]1O[C@H](CO)[C@@H](O)[C@H](OC(=O)CC(CCCCCCCCCCC)OC(=O)CCCCCCCCC)[C@H]1N)CC(=O)O)OC(=O)CCCCCCCCC. The molecule has 0 aliphatic carbocycles. The first-order chi connectivity index (χ1) is 35.4. The fraction of sp³-hybridized carbons (Fsp3) is 0.914. The van der Waals surface area contributed by atoms with Crippen molar-refractivity contribution in [1.29, 1.82) is 0 Å². The first kappa shape index (κ1) is 68.2. The van der Waals surface area contributed by atoms with Crippen molar-refractivity contribution >= 4 is 29.8 Å². The van der Waals surface area contributed by atoms with Gasteiger partial charge in [-0.15, -0.1) is 0 Å². The number of carbonyl (C=O) groups is 5. The highest BCUT2D eigenvalue weighted by atomic mass is 16.7. The number of carboxylic acid groups (broad SMARTS) is 1. The Morgan fingerprint density at radius 1 is 0.534 bits per heavy atom. The van der Waals surface area contributed by atoms with Crippen LogP contribution in [-0.2, 0) is 47.7 Å². The van der Waals surface area contributed by atoms with Gasteiger partial charge in [-0.2, -0.15) is 0 Å². The van der Waals surface area contributed by atoms with Crippen LogP contribution in [0.3, 0.4) is 0 Å². The van der Waals surface area contributed by atoms with Gasteiger partial charge in [0.15, 0.2) is 12.4 Å². The van der Waals surface area contributed by atoms with E-state index in [-0.39, 0.29) is 44.2 Å². The summed E-state index contributed by atoms with van der Waals surface area (Å²) in [7, 11) is 0. The lowest BCUT2D eigenvalue weighted by Crippen LogP contribution is -2.64. The molecule has 0 saturated carbocycles. The lowest BCUT2D eigenvalue weighted by atomic mass is 9.97. The van der Waals surface area contributed by atoms with Crippen LogP contribution in [0.2, 0.25) is 0 Å². The summed E-state index contributed by atoms with van der Waals surface area (Å²) in [4.78, 5) is 65.2. The minimum absolute atomic E-state index is 0.152. The van der Waals surface area contributed by atoms with Crippen molar-refractivity contribution in [1.82, 2.24) is 5.32 Å². The molecule has 1 aliphatic rings. The van der Waals surface area contributed by atoms with Gasteiger partial charge in [0.05, 0.1) is 44.6 Å². The van der Waals surface area contributed by atoms with Crippen LogP contribution in [0.15, 0.2) is 0 Å². The Balaban J connectivity index is 2.98. The number of aliphatic hydroxyl groups excluding tert-OH is 2. The van der Waals surface area contributed by atoms with Gasteiger partial charge in [-0.25, -0.2) is 0 Å². The highest BCUT2D eigenvalue weighted by Gasteiger charge is 2.46. The van der Waals surface area contributed by atoms with E-state index in [0.717, 1.165) is 89.9 Å². The Kier molecular flexibility index (Phi) is 43.4. The van der Waals surface area contributed by atoms with Crippen LogP contribution in [-0.4, -0.2) is 107 Å². The molecule has 6 N–H and O–H groups in total.